The van der Waals surface area contributed by atoms with Crippen LogP contribution in [0.4, 0.5) is 0 Å². The molecular formula is C11H15NO3. The molecule has 4 heteroatoms. The second kappa shape index (κ2) is 3.81. The minimum absolute atomic E-state index is 0.0822. The first-order valence-electron chi connectivity index (χ1n) is 4.62. The smallest absolute Gasteiger partial charge is 0.252 e. The molecule has 0 unspecified atom stereocenters. The molecule has 0 atom stereocenters. The Balaban J connectivity index is 3.19. The van der Waals surface area contributed by atoms with Crippen LogP contribution in [0.5, 0.6) is 11.5 Å². The number of hydrogen-bond acceptors (Lipinski definition) is 3. The maximum Gasteiger partial charge on any atom is 0.252 e. The number of carbonyl (C=O) groups excluding carboxylic acids is 1. The van der Waals surface area contributed by atoms with Gasteiger partial charge in [-0.25, -0.2) is 0 Å². The summed E-state index contributed by atoms with van der Waals surface area (Å²) in [5.41, 5.74) is 4.86. The Morgan fingerprint density at radius 3 is 2.47 bits per heavy atom. The molecule has 0 heterocycles. The zero-order valence-corrected chi connectivity index (χ0v) is 9.07. The van der Waals surface area contributed by atoms with Gasteiger partial charge in [-0.1, -0.05) is 6.07 Å². The lowest BCUT2D eigenvalue weighted by Crippen LogP contribution is -2.25. The number of para-hydroxylation sites is 1. The van der Waals surface area contributed by atoms with Gasteiger partial charge in [0.1, 0.15) is 5.60 Å². The van der Waals surface area contributed by atoms with E-state index in [0.717, 1.165) is 0 Å². The summed E-state index contributed by atoms with van der Waals surface area (Å²) in [6, 6.07) is 4.52. The standard InChI is InChI=1S/C11H15NO3/c1-11(2,3)15-9-7(10(12)14)5-4-6-8(9)13/h4-6,13H,1-3H3,(H2,12,14). The average molecular weight is 209 g/mol. The van der Waals surface area contributed by atoms with E-state index in [4.69, 9.17) is 10.5 Å². The largest absolute Gasteiger partial charge is 0.504 e. The third kappa shape index (κ3) is 2.87. The summed E-state index contributed by atoms with van der Waals surface area (Å²) >= 11 is 0. The number of phenols is 1. The van der Waals surface area contributed by atoms with Crippen molar-refractivity contribution in [1.82, 2.24) is 0 Å². The molecule has 3 N–H and O–H groups in total. The van der Waals surface area contributed by atoms with Gasteiger partial charge in [-0.3, -0.25) is 4.79 Å². The van der Waals surface area contributed by atoms with Crippen LogP contribution in [0.15, 0.2) is 18.2 Å². The van der Waals surface area contributed by atoms with Crippen LogP contribution < -0.4 is 10.5 Å². The van der Waals surface area contributed by atoms with Gasteiger partial charge in [-0.15, -0.1) is 0 Å². The predicted octanol–water partition coefficient (Wildman–Crippen LogP) is 1.67. The summed E-state index contributed by atoms with van der Waals surface area (Å²) in [6.07, 6.45) is 0. The van der Waals surface area contributed by atoms with E-state index in [-0.39, 0.29) is 17.1 Å². The van der Waals surface area contributed by atoms with Gasteiger partial charge in [-0.05, 0) is 32.9 Å². The van der Waals surface area contributed by atoms with Crippen molar-refractivity contribution in [3.63, 3.8) is 0 Å². The number of nitrogens with two attached hydrogens (primary N) is 1. The Morgan fingerprint density at radius 2 is 2.00 bits per heavy atom. The van der Waals surface area contributed by atoms with Crippen LogP contribution >= 0.6 is 0 Å². The number of ether oxygens (including phenoxy) is 1. The molecule has 1 aromatic rings. The Bertz CT molecular complexity index is 380. The van der Waals surface area contributed by atoms with E-state index < -0.39 is 11.5 Å². The molecule has 0 saturated carbocycles. The first-order valence-corrected chi connectivity index (χ1v) is 4.62. The average Bonchev–Trinajstić information content (AvgIpc) is 2.05. The van der Waals surface area contributed by atoms with Gasteiger partial charge < -0.3 is 15.6 Å². The van der Waals surface area contributed by atoms with Crippen molar-refractivity contribution in [1.29, 1.82) is 0 Å². The van der Waals surface area contributed by atoms with E-state index in [1.54, 1.807) is 6.07 Å². The monoisotopic (exact) mass is 209 g/mol. The van der Waals surface area contributed by atoms with Crippen LogP contribution in [-0.2, 0) is 0 Å². The molecule has 0 spiro atoms. The number of rotatable bonds is 2. The van der Waals surface area contributed by atoms with E-state index >= 15 is 0 Å². The fraction of sp³-hybridized carbons (Fsp3) is 0.364. The lowest BCUT2D eigenvalue weighted by molar-refractivity contribution is 0.0972. The minimum Gasteiger partial charge on any atom is -0.504 e. The quantitative estimate of drug-likeness (QED) is 0.778. The number of amides is 1. The second-order valence-corrected chi connectivity index (χ2v) is 4.23. The molecule has 0 aliphatic heterocycles. The molecule has 0 aromatic heterocycles. The maximum absolute atomic E-state index is 11.1. The molecule has 1 amide bonds. The lowest BCUT2D eigenvalue weighted by atomic mass is 10.1. The normalized spacial score (nSPS) is 11.1. The Hall–Kier alpha value is -1.71. The van der Waals surface area contributed by atoms with Crippen molar-refractivity contribution < 1.29 is 14.6 Å². The molecular weight excluding hydrogens is 194 g/mol. The first-order chi connectivity index (χ1) is 6.81. The maximum atomic E-state index is 11.1. The summed E-state index contributed by atoms with van der Waals surface area (Å²) in [7, 11) is 0. The predicted molar refractivity (Wildman–Crippen MR) is 57.0 cm³/mol. The number of phenolic OH excluding ortho intramolecular Hbond substituents is 1. The van der Waals surface area contributed by atoms with Crippen LogP contribution in [0.25, 0.3) is 0 Å². The van der Waals surface area contributed by atoms with Crippen molar-refractivity contribution in [2.75, 3.05) is 0 Å². The molecule has 0 fully saturated rings. The van der Waals surface area contributed by atoms with Gasteiger partial charge in [0.05, 0.1) is 5.56 Å². The van der Waals surface area contributed by atoms with Gasteiger partial charge in [0.25, 0.3) is 5.91 Å². The summed E-state index contributed by atoms with van der Waals surface area (Å²) in [5, 5.41) is 9.57. The van der Waals surface area contributed by atoms with E-state index in [0.29, 0.717) is 0 Å². The number of benzene rings is 1. The van der Waals surface area contributed by atoms with E-state index in [1.165, 1.54) is 12.1 Å². The Morgan fingerprint density at radius 1 is 1.40 bits per heavy atom. The van der Waals surface area contributed by atoms with Crippen LogP contribution in [-0.4, -0.2) is 16.6 Å². The molecule has 0 saturated heterocycles. The molecule has 4 nitrogen and oxygen atoms in total. The fourth-order valence-corrected chi connectivity index (χ4v) is 1.13. The summed E-state index contributed by atoms with van der Waals surface area (Å²) in [4.78, 5) is 11.1. The van der Waals surface area contributed by atoms with E-state index in [9.17, 15) is 9.90 Å². The molecule has 0 aliphatic carbocycles. The zero-order chi connectivity index (χ0) is 11.6. The summed E-state index contributed by atoms with van der Waals surface area (Å²) in [5.74, 6) is -0.566. The summed E-state index contributed by atoms with van der Waals surface area (Å²) < 4.78 is 5.47. The minimum atomic E-state index is -0.620. The van der Waals surface area contributed by atoms with Crippen LogP contribution in [0, 0.1) is 0 Å². The fourth-order valence-electron chi connectivity index (χ4n) is 1.13. The third-order valence-corrected chi connectivity index (χ3v) is 1.67. The molecule has 1 aromatic carbocycles. The molecule has 0 bridgehead atoms. The second-order valence-electron chi connectivity index (χ2n) is 4.23. The number of hydrogen-bond donors (Lipinski definition) is 2. The first kappa shape index (κ1) is 11.4. The highest BCUT2D eigenvalue weighted by Gasteiger charge is 2.19. The molecule has 82 valence electrons. The number of primary amides is 1. The zero-order valence-electron chi connectivity index (χ0n) is 9.07. The van der Waals surface area contributed by atoms with Gasteiger partial charge >= 0.3 is 0 Å². The highest BCUT2D eigenvalue weighted by atomic mass is 16.5. The van der Waals surface area contributed by atoms with E-state index in [2.05, 4.69) is 0 Å². The van der Waals surface area contributed by atoms with Gasteiger partial charge in [0.15, 0.2) is 11.5 Å². The molecule has 15 heavy (non-hydrogen) atoms. The highest BCUT2D eigenvalue weighted by molar-refractivity contribution is 5.96. The van der Waals surface area contributed by atoms with Crippen molar-refractivity contribution in [2.45, 2.75) is 26.4 Å². The number of carbonyl (C=O) groups is 1. The summed E-state index contributed by atoms with van der Waals surface area (Å²) in [6.45, 7) is 5.47. The molecule has 0 radical (unpaired) electrons. The van der Waals surface area contributed by atoms with Gasteiger partial charge in [-0.2, -0.15) is 0 Å². The van der Waals surface area contributed by atoms with Crippen molar-refractivity contribution in [3.8, 4) is 11.5 Å². The topological polar surface area (TPSA) is 72.6 Å². The van der Waals surface area contributed by atoms with Gasteiger partial charge in [0, 0.05) is 0 Å². The van der Waals surface area contributed by atoms with Crippen LogP contribution in [0.2, 0.25) is 0 Å². The lowest BCUT2D eigenvalue weighted by Gasteiger charge is -2.23. The Kier molecular flexibility index (Phi) is 2.88. The molecule has 0 aliphatic rings. The van der Waals surface area contributed by atoms with Gasteiger partial charge in [0.2, 0.25) is 0 Å². The van der Waals surface area contributed by atoms with Crippen LogP contribution in [0.3, 0.4) is 0 Å². The number of aromatic hydroxyl groups is 1. The van der Waals surface area contributed by atoms with Crippen LogP contribution in [0.1, 0.15) is 31.1 Å². The van der Waals surface area contributed by atoms with Crippen molar-refractivity contribution in [3.05, 3.63) is 23.8 Å². The van der Waals surface area contributed by atoms with E-state index in [1.807, 2.05) is 20.8 Å². The highest BCUT2D eigenvalue weighted by Crippen LogP contribution is 2.32. The third-order valence-electron chi connectivity index (χ3n) is 1.67. The Labute approximate surface area is 88.7 Å². The van der Waals surface area contributed by atoms with Crippen molar-refractivity contribution >= 4 is 5.91 Å². The van der Waals surface area contributed by atoms with Crippen molar-refractivity contribution in [2.24, 2.45) is 5.73 Å². The SMILES string of the molecule is CC(C)(C)Oc1c(O)cccc1C(N)=O. The molecule has 1 rings (SSSR count).